The van der Waals surface area contributed by atoms with Gasteiger partial charge in [-0.15, -0.1) is 0 Å². The van der Waals surface area contributed by atoms with E-state index in [1.54, 1.807) is 6.07 Å². The first-order chi connectivity index (χ1) is 10.3. The number of imidazole rings is 1. The Morgan fingerprint density at radius 2 is 2.29 bits per heavy atom. The average Bonchev–Trinajstić information content (AvgIpc) is 2.86. The molecule has 0 saturated carbocycles. The number of piperidine rings is 1. The molecule has 1 fully saturated rings. The van der Waals surface area contributed by atoms with E-state index in [0.717, 1.165) is 43.7 Å². The molecule has 0 radical (unpaired) electrons. The molecule has 1 saturated heterocycles. The van der Waals surface area contributed by atoms with Crippen molar-refractivity contribution in [2.45, 2.75) is 58.0 Å². The molecule has 2 aromatic rings. The minimum Gasteiger partial charge on any atom is -0.328 e. The molecule has 0 amide bonds. The lowest BCUT2D eigenvalue weighted by Gasteiger charge is -2.23. The summed E-state index contributed by atoms with van der Waals surface area (Å²) in [7, 11) is 0. The lowest BCUT2D eigenvalue weighted by Crippen LogP contribution is -2.34. The van der Waals surface area contributed by atoms with Crippen LogP contribution in [0.25, 0.3) is 11.0 Å². The number of hydrogen-bond donors (Lipinski definition) is 1. The first-order valence-corrected chi connectivity index (χ1v) is 8.16. The predicted molar refractivity (Wildman–Crippen MR) is 83.9 cm³/mol. The Balaban J connectivity index is 1.82. The fourth-order valence-corrected chi connectivity index (χ4v) is 3.30. The largest absolute Gasteiger partial charge is 0.328 e. The van der Waals surface area contributed by atoms with Crippen LogP contribution in [0, 0.1) is 5.82 Å². The monoisotopic (exact) mass is 289 g/mol. The maximum Gasteiger partial charge on any atom is 0.151 e. The van der Waals surface area contributed by atoms with Crippen LogP contribution in [0.1, 0.15) is 44.9 Å². The standard InChI is InChI=1S/C17H24FN3/c1-2-12-21-15-8-5-7-14(18)17(15)20-16(21)10-9-13-6-3-4-11-19-13/h5,7-8,13,19H,2-4,6,9-12H2,1H3. The van der Waals surface area contributed by atoms with Crippen molar-refractivity contribution in [1.29, 1.82) is 0 Å². The zero-order chi connectivity index (χ0) is 14.7. The molecule has 4 heteroatoms. The summed E-state index contributed by atoms with van der Waals surface area (Å²) in [5.74, 6) is 0.823. The fourth-order valence-electron chi connectivity index (χ4n) is 3.30. The van der Waals surface area contributed by atoms with Crippen LogP contribution in [0.4, 0.5) is 4.39 Å². The number of hydrogen-bond acceptors (Lipinski definition) is 2. The van der Waals surface area contributed by atoms with E-state index >= 15 is 0 Å². The second-order valence-corrected chi connectivity index (χ2v) is 5.97. The van der Waals surface area contributed by atoms with Gasteiger partial charge in [-0.3, -0.25) is 0 Å². The molecule has 1 atom stereocenters. The van der Waals surface area contributed by atoms with Crippen LogP contribution in [0.2, 0.25) is 0 Å². The molecule has 0 spiro atoms. The first kappa shape index (κ1) is 14.5. The molecule has 1 aliphatic rings. The highest BCUT2D eigenvalue weighted by Crippen LogP contribution is 2.21. The Hall–Kier alpha value is -1.42. The highest BCUT2D eigenvalue weighted by Gasteiger charge is 2.16. The molecule has 21 heavy (non-hydrogen) atoms. The Morgan fingerprint density at radius 3 is 3.05 bits per heavy atom. The van der Waals surface area contributed by atoms with Crippen molar-refractivity contribution < 1.29 is 4.39 Å². The van der Waals surface area contributed by atoms with E-state index in [1.807, 2.05) is 6.07 Å². The topological polar surface area (TPSA) is 29.9 Å². The van der Waals surface area contributed by atoms with Crippen LogP contribution in [-0.4, -0.2) is 22.1 Å². The quantitative estimate of drug-likeness (QED) is 0.910. The third-order valence-corrected chi connectivity index (χ3v) is 4.38. The lowest BCUT2D eigenvalue weighted by atomic mass is 10.0. The van der Waals surface area contributed by atoms with Gasteiger partial charge in [0.25, 0.3) is 0 Å². The summed E-state index contributed by atoms with van der Waals surface area (Å²) in [5, 5.41) is 3.57. The predicted octanol–water partition coefficient (Wildman–Crippen LogP) is 3.66. The average molecular weight is 289 g/mol. The molecule has 114 valence electrons. The molecule has 1 aromatic heterocycles. The summed E-state index contributed by atoms with van der Waals surface area (Å²) >= 11 is 0. The maximum absolute atomic E-state index is 13.9. The second-order valence-electron chi connectivity index (χ2n) is 5.97. The third-order valence-electron chi connectivity index (χ3n) is 4.38. The minimum absolute atomic E-state index is 0.209. The number of aromatic nitrogens is 2. The van der Waals surface area contributed by atoms with Crippen molar-refractivity contribution in [2.24, 2.45) is 0 Å². The summed E-state index contributed by atoms with van der Waals surface area (Å²) in [4.78, 5) is 4.58. The van der Waals surface area contributed by atoms with Crippen molar-refractivity contribution >= 4 is 11.0 Å². The molecule has 1 aliphatic heterocycles. The number of aryl methyl sites for hydroxylation is 2. The Bertz CT molecular complexity index is 599. The third kappa shape index (κ3) is 3.10. The Morgan fingerprint density at radius 1 is 1.38 bits per heavy atom. The van der Waals surface area contributed by atoms with E-state index in [1.165, 1.54) is 25.3 Å². The van der Waals surface area contributed by atoms with Crippen LogP contribution in [0.3, 0.4) is 0 Å². The van der Waals surface area contributed by atoms with Crippen molar-refractivity contribution in [3.8, 4) is 0 Å². The smallest absolute Gasteiger partial charge is 0.151 e. The zero-order valence-corrected chi connectivity index (χ0v) is 12.7. The van der Waals surface area contributed by atoms with Crippen molar-refractivity contribution in [3.05, 3.63) is 29.8 Å². The normalized spacial score (nSPS) is 19.2. The summed E-state index contributed by atoms with van der Waals surface area (Å²) in [6.45, 7) is 4.19. The maximum atomic E-state index is 13.9. The summed E-state index contributed by atoms with van der Waals surface area (Å²) in [6.07, 6.45) is 6.91. The van der Waals surface area contributed by atoms with Gasteiger partial charge in [0.2, 0.25) is 0 Å². The van der Waals surface area contributed by atoms with Crippen molar-refractivity contribution in [2.75, 3.05) is 6.54 Å². The number of nitrogens with zero attached hydrogens (tertiary/aromatic N) is 2. The van der Waals surface area contributed by atoms with Gasteiger partial charge < -0.3 is 9.88 Å². The zero-order valence-electron chi connectivity index (χ0n) is 12.7. The number of rotatable bonds is 5. The van der Waals surface area contributed by atoms with E-state index in [9.17, 15) is 4.39 Å². The van der Waals surface area contributed by atoms with Crippen LogP contribution in [0.5, 0.6) is 0 Å². The Labute approximate surface area is 125 Å². The van der Waals surface area contributed by atoms with Gasteiger partial charge >= 0.3 is 0 Å². The molecule has 3 rings (SSSR count). The lowest BCUT2D eigenvalue weighted by molar-refractivity contribution is 0.379. The number of nitrogens with one attached hydrogen (secondary N) is 1. The molecule has 1 N–H and O–H groups in total. The molecule has 0 bridgehead atoms. The highest BCUT2D eigenvalue weighted by molar-refractivity contribution is 5.76. The van der Waals surface area contributed by atoms with E-state index in [0.29, 0.717) is 11.6 Å². The molecular weight excluding hydrogens is 265 g/mol. The van der Waals surface area contributed by atoms with Gasteiger partial charge in [0, 0.05) is 19.0 Å². The minimum atomic E-state index is -0.209. The molecule has 1 unspecified atom stereocenters. The van der Waals surface area contributed by atoms with E-state index in [-0.39, 0.29) is 5.82 Å². The van der Waals surface area contributed by atoms with Gasteiger partial charge in [-0.25, -0.2) is 9.37 Å². The fraction of sp³-hybridized carbons (Fsp3) is 0.588. The van der Waals surface area contributed by atoms with Crippen LogP contribution < -0.4 is 5.32 Å². The molecule has 1 aromatic carbocycles. The van der Waals surface area contributed by atoms with Crippen molar-refractivity contribution in [3.63, 3.8) is 0 Å². The molecule has 2 heterocycles. The highest BCUT2D eigenvalue weighted by atomic mass is 19.1. The first-order valence-electron chi connectivity index (χ1n) is 8.16. The van der Waals surface area contributed by atoms with Gasteiger partial charge in [-0.2, -0.15) is 0 Å². The van der Waals surface area contributed by atoms with Gasteiger partial charge in [-0.05, 0) is 44.4 Å². The summed E-state index contributed by atoms with van der Waals surface area (Å²) in [5.41, 5.74) is 1.46. The van der Waals surface area contributed by atoms with Gasteiger partial charge in [0.1, 0.15) is 11.3 Å². The van der Waals surface area contributed by atoms with E-state index in [2.05, 4.69) is 21.8 Å². The van der Waals surface area contributed by atoms with Crippen LogP contribution in [0.15, 0.2) is 18.2 Å². The summed E-state index contributed by atoms with van der Waals surface area (Å²) < 4.78 is 16.1. The van der Waals surface area contributed by atoms with Gasteiger partial charge in [-0.1, -0.05) is 19.4 Å². The van der Waals surface area contributed by atoms with Crippen LogP contribution in [-0.2, 0) is 13.0 Å². The van der Waals surface area contributed by atoms with E-state index in [4.69, 9.17) is 0 Å². The second kappa shape index (κ2) is 6.56. The Kier molecular flexibility index (Phi) is 4.54. The van der Waals surface area contributed by atoms with Crippen LogP contribution >= 0.6 is 0 Å². The summed E-state index contributed by atoms with van der Waals surface area (Å²) in [6, 6.07) is 5.85. The number of halogens is 1. The van der Waals surface area contributed by atoms with Gasteiger partial charge in [0.15, 0.2) is 5.82 Å². The molecular formula is C17H24FN3. The molecule has 0 aliphatic carbocycles. The number of fused-ring (bicyclic) bond motifs is 1. The van der Waals surface area contributed by atoms with E-state index < -0.39 is 0 Å². The van der Waals surface area contributed by atoms with Crippen molar-refractivity contribution in [1.82, 2.24) is 14.9 Å². The SMILES string of the molecule is CCCn1c(CCC2CCCCN2)nc2c(F)cccc21. The molecule has 3 nitrogen and oxygen atoms in total. The number of para-hydroxylation sites is 1. The van der Waals surface area contributed by atoms with Gasteiger partial charge in [0.05, 0.1) is 5.52 Å². The number of benzene rings is 1.